The molecule has 1 atom stereocenters. The summed E-state index contributed by atoms with van der Waals surface area (Å²) in [4.78, 5) is 15.2. The predicted octanol–water partition coefficient (Wildman–Crippen LogP) is 23.2. The van der Waals surface area contributed by atoms with Crippen molar-refractivity contribution in [1.82, 2.24) is 0 Å². The molecule has 21 rings (SSSR count). The first-order chi connectivity index (χ1) is 53.2. The Balaban J connectivity index is 0.688. The first kappa shape index (κ1) is 66.3. The van der Waals surface area contributed by atoms with Crippen LogP contribution >= 0.6 is 0 Å². The van der Waals surface area contributed by atoms with E-state index in [2.05, 4.69) is 404 Å². The van der Waals surface area contributed by atoms with E-state index >= 15 is 0 Å². The number of hydrogen-bond donors (Lipinski definition) is 0. The van der Waals surface area contributed by atoms with Crippen LogP contribution in [-0.2, 0) is 27.1 Å². The molecule has 6 aliphatic heterocycles. The lowest BCUT2D eigenvalue weighted by molar-refractivity contribution is 0.394. The fourth-order valence-electron chi connectivity index (χ4n) is 20.7. The highest BCUT2D eigenvalue weighted by Crippen LogP contribution is 2.63. The molecular weight excluding hydrogens is 1330 g/mol. The van der Waals surface area contributed by atoms with Crippen molar-refractivity contribution in [3.63, 3.8) is 0 Å². The third-order valence-corrected chi connectivity index (χ3v) is 26.4. The lowest BCUT2D eigenvalue weighted by atomic mass is 9.30. The average Bonchev–Trinajstić information content (AvgIpc) is 1.47. The van der Waals surface area contributed by atoms with Crippen molar-refractivity contribution in [3.8, 4) is 0 Å². The van der Waals surface area contributed by atoms with Gasteiger partial charge in [-0.1, -0.05) is 245 Å². The van der Waals surface area contributed by atoms with Crippen molar-refractivity contribution in [2.75, 3.05) is 36.4 Å². The normalized spacial score (nSPS) is 16.7. The molecule has 9 heteroatoms. The molecule has 0 bridgehead atoms. The second kappa shape index (κ2) is 23.5. The van der Waals surface area contributed by atoms with Gasteiger partial charge in [-0.15, -0.1) is 0 Å². The predicted molar refractivity (Wildman–Crippen MR) is 465 cm³/mol. The second-order valence-electron chi connectivity index (χ2n) is 34.9. The van der Waals surface area contributed by atoms with E-state index in [4.69, 9.17) is 4.42 Å². The van der Waals surface area contributed by atoms with E-state index < -0.39 is 5.41 Å². The third-order valence-electron chi connectivity index (χ3n) is 26.4. The molecule has 0 saturated carbocycles. The second-order valence-corrected chi connectivity index (χ2v) is 34.9. The van der Waals surface area contributed by atoms with Crippen LogP contribution in [0.25, 0.3) is 16.7 Å². The largest absolute Gasteiger partial charge is 0.468 e. The lowest BCUT2D eigenvalue weighted by Gasteiger charge is -2.46. The number of anilines is 16. The quantitative estimate of drug-likeness (QED) is 0.119. The first-order valence-electron chi connectivity index (χ1n) is 39.5. The summed E-state index contributed by atoms with van der Waals surface area (Å²) in [5.74, 6) is 0. The first-order valence-corrected chi connectivity index (χ1v) is 39.5. The topological polar surface area (TPSA) is 32.6 Å². The molecule has 7 heterocycles. The van der Waals surface area contributed by atoms with Gasteiger partial charge in [-0.05, 0) is 218 Å². The SMILES string of the molecule is Cc1cc2c3c(c1)N1c4ccccc4C(C)(CCC(C)(C)c4ccc(N5c6ccccc6B6C7=C8c9c(cccc9C(C)(C)c9ccccc9N8c8cc(N(C)c9ccccc9)cc5c86)C7(C)C)cc4)c4cccc5oc(c1c45)B3c1ccc(N(c3ccccc3)c3ccccc3)cc1N2c1ccc(C(C)(C)C)cc1. The summed E-state index contributed by atoms with van der Waals surface area (Å²) in [7, 11) is 2.23. The summed E-state index contributed by atoms with van der Waals surface area (Å²) in [6.07, 6.45) is 1.80. The maximum Gasteiger partial charge on any atom is 0.297 e. The highest BCUT2D eigenvalue weighted by molar-refractivity contribution is 7.00. The number of rotatable bonds is 11. The minimum absolute atomic E-state index is 0.00232. The molecule has 0 saturated heterocycles. The van der Waals surface area contributed by atoms with E-state index in [1.807, 2.05) is 0 Å². The maximum absolute atomic E-state index is 7.67. The molecule has 110 heavy (non-hydrogen) atoms. The Labute approximate surface area is 648 Å². The molecule has 14 aromatic rings. The van der Waals surface area contributed by atoms with Crippen LogP contribution in [0.3, 0.4) is 0 Å². The number of nitrogens with zero attached hydrogens (tertiary/aromatic N) is 6. The molecule has 13 aromatic carbocycles. The molecule has 7 nitrogen and oxygen atoms in total. The van der Waals surface area contributed by atoms with E-state index in [1.165, 1.54) is 123 Å². The zero-order valence-corrected chi connectivity index (χ0v) is 64.9. The highest BCUT2D eigenvalue weighted by atomic mass is 16.3. The van der Waals surface area contributed by atoms with E-state index in [-0.39, 0.29) is 35.1 Å². The van der Waals surface area contributed by atoms with Crippen molar-refractivity contribution < 1.29 is 4.42 Å². The zero-order chi connectivity index (χ0) is 74.8. The highest BCUT2D eigenvalue weighted by Gasteiger charge is 2.57. The Kier molecular flexibility index (Phi) is 14.2. The van der Waals surface area contributed by atoms with Gasteiger partial charge in [-0.2, -0.15) is 0 Å². The maximum atomic E-state index is 7.67. The van der Waals surface area contributed by atoms with Crippen LogP contribution in [0, 0.1) is 6.92 Å². The van der Waals surface area contributed by atoms with Gasteiger partial charge in [0.05, 0.1) is 22.7 Å². The van der Waals surface area contributed by atoms with Crippen molar-refractivity contribution in [3.05, 3.63) is 347 Å². The van der Waals surface area contributed by atoms with Crippen LogP contribution in [0.15, 0.2) is 301 Å². The average molecular weight is 1420 g/mol. The summed E-state index contributed by atoms with van der Waals surface area (Å²) >= 11 is 0. The fourth-order valence-corrected chi connectivity index (χ4v) is 20.7. The van der Waals surface area contributed by atoms with E-state index in [0.717, 1.165) is 81.0 Å². The van der Waals surface area contributed by atoms with Crippen LogP contribution in [0.4, 0.5) is 91.0 Å². The Morgan fingerprint density at radius 2 is 0.882 bits per heavy atom. The summed E-state index contributed by atoms with van der Waals surface area (Å²) in [5, 5.41) is 1.20. The van der Waals surface area contributed by atoms with Gasteiger partial charge in [-0.25, -0.2) is 0 Å². The molecule has 0 fully saturated rings. The van der Waals surface area contributed by atoms with Crippen LogP contribution in [0.2, 0.25) is 0 Å². The van der Waals surface area contributed by atoms with Crippen molar-refractivity contribution >= 4 is 149 Å². The van der Waals surface area contributed by atoms with Crippen LogP contribution in [0.5, 0.6) is 0 Å². The Bertz CT molecular complexity index is 6170. The Hall–Kier alpha value is -11.9. The van der Waals surface area contributed by atoms with E-state index in [0.29, 0.717) is 0 Å². The fraction of sp³-hybridized carbons (Fsp3) is 0.188. The number of para-hydroxylation sites is 6. The van der Waals surface area contributed by atoms with E-state index in [1.54, 1.807) is 0 Å². The number of furan rings is 1. The summed E-state index contributed by atoms with van der Waals surface area (Å²) in [6, 6.07) is 111. The standard InChI is InChI=1S/C101H88B2N6O/c1-63-58-84-92-85(59-63)109-81-43-26-23-37-74(81)101(11,77-40-29-45-88-90(77)94(109)96(110-88)103(92)79-55-54-71(105(67-32-18-14-19-33-67)68-34-20-15-21-35-68)60-83(79)107(84)70-50-46-64(47-51-70)97(2,3)4)57-56-98(5,6)65-48-52-69(53-49-65)106-82-44-27-24-41-78(82)102-91-86(106)61-72(104(12)66-30-16-13-17-31-66)62-87(91)108-80-42-25-22-36-73(80)99(7,8)75-38-28-39-76-89(75)93(108)95(102)100(76,9)10/h13-55,58-62H,56-57H2,1-12H3. The third kappa shape index (κ3) is 9.33. The molecule has 0 N–H and O–H groups in total. The smallest absolute Gasteiger partial charge is 0.297 e. The van der Waals surface area contributed by atoms with Crippen molar-refractivity contribution in [2.24, 2.45) is 0 Å². The van der Waals surface area contributed by atoms with E-state index in [9.17, 15) is 0 Å². The molecular formula is C101H88B2N6O. The zero-order valence-electron chi connectivity index (χ0n) is 64.9. The molecule has 534 valence electrons. The molecule has 7 aliphatic rings. The minimum Gasteiger partial charge on any atom is -0.468 e. The van der Waals surface area contributed by atoms with Crippen LogP contribution < -0.4 is 56.9 Å². The monoisotopic (exact) mass is 1420 g/mol. The minimum atomic E-state index is -0.447. The number of aryl methyl sites for hydroxylation is 1. The van der Waals surface area contributed by atoms with Gasteiger partial charge < -0.3 is 33.8 Å². The Morgan fingerprint density at radius 3 is 1.54 bits per heavy atom. The number of allylic oxidation sites excluding steroid dienone is 1. The molecule has 0 spiro atoms. The van der Waals surface area contributed by atoms with Gasteiger partial charge in [0.1, 0.15) is 5.58 Å². The summed E-state index contributed by atoms with van der Waals surface area (Å²) in [6.45, 7) is 26.3. The molecule has 0 amide bonds. The van der Waals surface area contributed by atoms with Crippen LogP contribution in [-0.4, -0.2) is 20.5 Å². The van der Waals surface area contributed by atoms with Gasteiger partial charge in [-0.3, -0.25) is 0 Å². The van der Waals surface area contributed by atoms with Crippen molar-refractivity contribution in [2.45, 2.75) is 116 Å². The van der Waals surface area contributed by atoms with Crippen molar-refractivity contribution in [1.29, 1.82) is 0 Å². The number of fused-ring (bicyclic) bond motifs is 12. The Morgan fingerprint density at radius 1 is 0.391 bits per heavy atom. The molecule has 1 unspecified atom stereocenters. The number of hydrogen-bond acceptors (Lipinski definition) is 7. The van der Waals surface area contributed by atoms with Crippen LogP contribution in [0.1, 0.15) is 132 Å². The number of benzene rings is 13. The molecule has 0 radical (unpaired) electrons. The molecule has 1 aliphatic carbocycles. The lowest BCUT2D eigenvalue weighted by Crippen LogP contribution is -2.61. The van der Waals surface area contributed by atoms with Gasteiger partial charge in [0.2, 0.25) is 6.71 Å². The summed E-state index contributed by atoms with van der Waals surface area (Å²) < 4.78 is 7.67. The van der Waals surface area contributed by atoms with Gasteiger partial charge >= 0.3 is 0 Å². The van der Waals surface area contributed by atoms with Gasteiger partial charge in [0.25, 0.3) is 6.71 Å². The summed E-state index contributed by atoms with van der Waals surface area (Å²) in [5.41, 5.74) is 39.1. The van der Waals surface area contributed by atoms with Gasteiger partial charge in [0.15, 0.2) is 0 Å². The van der Waals surface area contributed by atoms with Gasteiger partial charge in [0, 0.05) is 114 Å². The molecule has 1 aromatic heterocycles.